The number of hydrogen-bond acceptors (Lipinski definition) is 2. The smallest absolute Gasteiger partial charge is 0.259 e. The molecule has 126 valence electrons. The maximum Gasteiger partial charge on any atom is 0.259 e. The molecule has 0 spiro atoms. The van der Waals surface area contributed by atoms with Gasteiger partial charge in [0.1, 0.15) is 6.54 Å². The average molecular weight is 353 g/mol. The molecule has 4 rings (SSSR count). The number of rotatable bonds is 2. The standard InChI is InChI=1S/C20H17ClN2O2/c1-13-16-6-2-3-7-17(16)20(25)23(13)12-19(24)22-10-4-5-14-11-15(21)8-9-18(14)22/h2-3,6-9,11H,1,4-5,10,12H2. The number of hydrogen-bond donors (Lipinski definition) is 0. The summed E-state index contributed by atoms with van der Waals surface area (Å²) < 4.78 is 0. The molecule has 0 saturated carbocycles. The molecule has 2 aliphatic heterocycles. The average Bonchev–Trinajstić information content (AvgIpc) is 2.86. The van der Waals surface area contributed by atoms with Gasteiger partial charge in [-0.2, -0.15) is 0 Å². The Balaban J connectivity index is 1.58. The fourth-order valence-electron chi connectivity index (χ4n) is 3.55. The van der Waals surface area contributed by atoms with Crippen molar-refractivity contribution >= 4 is 34.8 Å². The lowest BCUT2D eigenvalue weighted by molar-refractivity contribution is -0.118. The molecule has 2 aromatic rings. The summed E-state index contributed by atoms with van der Waals surface area (Å²) in [6.45, 7) is 4.64. The number of aryl methyl sites for hydroxylation is 1. The van der Waals surface area contributed by atoms with Gasteiger partial charge in [-0.1, -0.05) is 36.4 Å². The van der Waals surface area contributed by atoms with Crippen LogP contribution in [0.5, 0.6) is 0 Å². The molecular formula is C20H17ClN2O2. The van der Waals surface area contributed by atoms with E-state index in [2.05, 4.69) is 6.58 Å². The van der Waals surface area contributed by atoms with E-state index in [4.69, 9.17) is 11.6 Å². The van der Waals surface area contributed by atoms with Crippen LogP contribution in [0, 0.1) is 0 Å². The van der Waals surface area contributed by atoms with Gasteiger partial charge < -0.3 is 4.90 Å². The van der Waals surface area contributed by atoms with Crippen molar-refractivity contribution in [3.63, 3.8) is 0 Å². The molecule has 0 N–H and O–H groups in total. The summed E-state index contributed by atoms with van der Waals surface area (Å²) in [5.41, 5.74) is 3.94. The number of nitrogens with zero attached hydrogens (tertiary/aromatic N) is 2. The highest BCUT2D eigenvalue weighted by Crippen LogP contribution is 2.33. The maximum absolute atomic E-state index is 12.9. The minimum Gasteiger partial charge on any atom is -0.311 e. The van der Waals surface area contributed by atoms with Gasteiger partial charge in [0.25, 0.3) is 5.91 Å². The van der Waals surface area contributed by atoms with Crippen molar-refractivity contribution in [1.82, 2.24) is 4.90 Å². The molecule has 0 saturated heterocycles. The van der Waals surface area contributed by atoms with Crippen molar-refractivity contribution in [2.45, 2.75) is 12.8 Å². The maximum atomic E-state index is 12.9. The van der Waals surface area contributed by atoms with Crippen molar-refractivity contribution in [2.24, 2.45) is 0 Å². The quantitative estimate of drug-likeness (QED) is 0.826. The van der Waals surface area contributed by atoms with Crippen LogP contribution in [0.15, 0.2) is 49.0 Å². The summed E-state index contributed by atoms with van der Waals surface area (Å²) in [5.74, 6) is -0.270. The Labute approximate surface area is 151 Å². The first-order valence-electron chi connectivity index (χ1n) is 8.25. The predicted octanol–water partition coefficient (Wildman–Crippen LogP) is 3.75. The number of amides is 2. The molecule has 0 radical (unpaired) electrons. The third-order valence-electron chi connectivity index (χ3n) is 4.79. The third-order valence-corrected chi connectivity index (χ3v) is 5.03. The van der Waals surface area contributed by atoms with Crippen molar-refractivity contribution < 1.29 is 9.59 Å². The minimum absolute atomic E-state index is 0.00554. The Hall–Kier alpha value is -2.59. The zero-order valence-corrected chi connectivity index (χ0v) is 14.4. The lowest BCUT2D eigenvalue weighted by atomic mass is 10.0. The Bertz CT molecular complexity index is 871. The molecule has 2 aliphatic rings. The second-order valence-electron chi connectivity index (χ2n) is 6.31. The van der Waals surface area contributed by atoms with Gasteiger partial charge in [0.15, 0.2) is 0 Å². The molecule has 2 aromatic carbocycles. The second kappa shape index (κ2) is 6.05. The van der Waals surface area contributed by atoms with Crippen molar-refractivity contribution in [2.75, 3.05) is 18.0 Å². The number of carbonyl (C=O) groups is 2. The lowest BCUT2D eigenvalue weighted by Crippen LogP contribution is -2.42. The molecule has 0 bridgehead atoms. The monoisotopic (exact) mass is 352 g/mol. The van der Waals surface area contributed by atoms with E-state index >= 15 is 0 Å². The van der Waals surface area contributed by atoms with Crippen molar-refractivity contribution in [3.8, 4) is 0 Å². The topological polar surface area (TPSA) is 40.6 Å². The highest BCUT2D eigenvalue weighted by atomic mass is 35.5. The van der Waals surface area contributed by atoms with Gasteiger partial charge in [0.05, 0.1) is 0 Å². The molecule has 2 amide bonds. The van der Waals surface area contributed by atoms with Gasteiger partial charge in [0, 0.05) is 34.1 Å². The second-order valence-corrected chi connectivity index (χ2v) is 6.74. The van der Waals surface area contributed by atoms with E-state index in [1.165, 1.54) is 4.90 Å². The third kappa shape index (κ3) is 2.63. The number of halogens is 1. The minimum atomic E-state index is -0.165. The van der Waals surface area contributed by atoms with Crippen LogP contribution in [0.3, 0.4) is 0 Å². The number of anilines is 1. The summed E-state index contributed by atoms with van der Waals surface area (Å²) in [6.07, 6.45) is 1.79. The van der Waals surface area contributed by atoms with E-state index in [1.54, 1.807) is 17.0 Å². The van der Waals surface area contributed by atoms with E-state index in [1.807, 2.05) is 30.3 Å². The molecule has 0 aromatic heterocycles. The molecule has 4 nitrogen and oxygen atoms in total. The van der Waals surface area contributed by atoms with Gasteiger partial charge >= 0.3 is 0 Å². The van der Waals surface area contributed by atoms with Crippen LogP contribution in [0.25, 0.3) is 5.70 Å². The van der Waals surface area contributed by atoms with E-state index in [0.717, 1.165) is 29.7 Å². The number of carbonyl (C=O) groups excluding carboxylic acids is 2. The molecule has 0 fully saturated rings. The molecule has 0 atom stereocenters. The van der Waals surface area contributed by atoms with Crippen LogP contribution in [0.1, 0.15) is 27.9 Å². The SMILES string of the molecule is C=C1c2ccccc2C(=O)N1CC(=O)N1CCCc2cc(Cl)ccc21. The Morgan fingerprint density at radius 2 is 1.92 bits per heavy atom. The molecule has 0 aliphatic carbocycles. The van der Waals surface area contributed by atoms with Crippen molar-refractivity contribution in [1.29, 1.82) is 0 Å². The van der Waals surface area contributed by atoms with Crippen LogP contribution in [-0.4, -0.2) is 29.8 Å². The van der Waals surface area contributed by atoms with Gasteiger partial charge in [0.2, 0.25) is 5.91 Å². The largest absolute Gasteiger partial charge is 0.311 e. The summed E-state index contributed by atoms with van der Waals surface area (Å²) in [7, 11) is 0. The predicted molar refractivity (Wildman–Crippen MR) is 98.6 cm³/mol. The lowest BCUT2D eigenvalue weighted by Gasteiger charge is -2.31. The highest BCUT2D eigenvalue weighted by molar-refractivity contribution is 6.30. The fourth-order valence-corrected chi connectivity index (χ4v) is 3.74. The number of benzene rings is 2. The fraction of sp³-hybridized carbons (Fsp3) is 0.200. The van der Waals surface area contributed by atoms with Crippen molar-refractivity contribution in [3.05, 3.63) is 70.8 Å². The molecular weight excluding hydrogens is 336 g/mol. The first-order chi connectivity index (χ1) is 12.1. The first kappa shape index (κ1) is 15.9. The van der Waals surface area contributed by atoms with Gasteiger partial charge in [-0.05, 0) is 42.7 Å². The Morgan fingerprint density at radius 1 is 1.16 bits per heavy atom. The van der Waals surface area contributed by atoms with Crippen LogP contribution in [-0.2, 0) is 11.2 Å². The van der Waals surface area contributed by atoms with Gasteiger partial charge in [-0.15, -0.1) is 0 Å². The zero-order valence-electron chi connectivity index (χ0n) is 13.7. The summed E-state index contributed by atoms with van der Waals surface area (Å²) in [5, 5.41) is 0.673. The molecule has 5 heteroatoms. The number of fused-ring (bicyclic) bond motifs is 2. The van der Waals surface area contributed by atoms with Crippen LogP contribution < -0.4 is 4.90 Å². The molecule has 0 unspecified atom stereocenters. The van der Waals surface area contributed by atoms with E-state index in [-0.39, 0.29) is 18.4 Å². The normalized spacial score (nSPS) is 16.0. The van der Waals surface area contributed by atoms with Crippen LogP contribution in [0.2, 0.25) is 5.02 Å². The summed E-state index contributed by atoms with van der Waals surface area (Å²) in [6, 6.07) is 12.9. The van der Waals surface area contributed by atoms with Crippen LogP contribution in [0.4, 0.5) is 5.69 Å². The highest BCUT2D eigenvalue weighted by Gasteiger charge is 2.34. The summed E-state index contributed by atoms with van der Waals surface area (Å²) in [4.78, 5) is 28.7. The van der Waals surface area contributed by atoms with Gasteiger partial charge in [-0.3, -0.25) is 14.5 Å². The first-order valence-corrected chi connectivity index (χ1v) is 8.63. The van der Waals surface area contributed by atoms with Gasteiger partial charge in [-0.25, -0.2) is 0 Å². The van der Waals surface area contributed by atoms with E-state index in [0.29, 0.717) is 22.8 Å². The van der Waals surface area contributed by atoms with E-state index in [9.17, 15) is 9.59 Å². The Morgan fingerprint density at radius 3 is 2.68 bits per heavy atom. The van der Waals surface area contributed by atoms with Crippen LogP contribution >= 0.6 is 11.6 Å². The van der Waals surface area contributed by atoms with E-state index < -0.39 is 0 Å². The molecule has 25 heavy (non-hydrogen) atoms. The zero-order chi connectivity index (χ0) is 17.6. The Kier molecular flexibility index (Phi) is 3.85. The summed E-state index contributed by atoms with van der Waals surface area (Å²) >= 11 is 6.06. The molecule has 2 heterocycles.